The van der Waals surface area contributed by atoms with E-state index in [1.165, 1.54) is 25.0 Å². The van der Waals surface area contributed by atoms with Crippen LogP contribution in [0.2, 0.25) is 5.02 Å². The molecule has 0 unspecified atom stereocenters. The number of aliphatic hydroxyl groups excluding tert-OH is 1. The van der Waals surface area contributed by atoms with E-state index in [0.29, 0.717) is 5.02 Å². The van der Waals surface area contributed by atoms with Gasteiger partial charge in [-0.3, -0.25) is 9.88 Å². The third-order valence-corrected chi connectivity index (χ3v) is 7.47. The maximum atomic E-state index is 11.2. The number of rotatable bonds is 5. The summed E-state index contributed by atoms with van der Waals surface area (Å²) < 4.78 is 5.36. The number of carbonyl (C=O) groups is 1. The number of benzene rings is 2. The van der Waals surface area contributed by atoms with E-state index in [2.05, 4.69) is 16.8 Å². The van der Waals surface area contributed by atoms with Crippen LogP contribution < -0.4 is 4.74 Å². The van der Waals surface area contributed by atoms with Crippen molar-refractivity contribution < 1.29 is 19.7 Å². The number of pyridine rings is 1. The van der Waals surface area contributed by atoms with E-state index in [9.17, 15) is 9.90 Å². The van der Waals surface area contributed by atoms with Crippen LogP contribution in [-0.2, 0) is 0 Å². The summed E-state index contributed by atoms with van der Waals surface area (Å²) in [6.45, 7) is 4.55. The van der Waals surface area contributed by atoms with Crippen LogP contribution in [0.25, 0.3) is 10.9 Å². The fraction of sp³-hybridized carbons (Fsp3) is 0.407. The van der Waals surface area contributed by atoms with Crippen LogP contribution in [0.3, 0.4) is 0 Å². The monoisotopic (exact) mass is 518 g/mol. The predicted octanol–water partition coefficient (Wildman–Crippen LogP) is 5.86. The van der Waals surface area contributed by atoms with Gasteiger partial charge in [-0.2, -0.15) is 0 Å². The van der Waals surface area contributed by atoms with Crippen molar-refractivity contribution in [3.63, 3.8) is 0 Å². The van der Waals surface area contributed by atoms with Crippen LogP contribution in [0.4, 0.5) is 0 Å². The average molecular weight is 519 g/mol. The molecule has 2 N–H and O–H groups in total. The second kappa shape index (κ2) is 12.0. The lowest BCUT2D eigenvalue weighted by molar-refractivity contribution is -0.0562. The van der Waals surface area contributed by atoms with Gasteiger partial charge in [0.25, 0.3) is 0 Å². The molecule has 8 heteroatoms. The maximum Gasteiger partial charge on any atom is 0.335 e. The zero-order valence-electron chi connectivity index (χ0n) is 19.9. The van der Waals surface area contributed by atoms with Crippen molar-refractivity contribution in [1.82, 2.24) is 9.88 Å². The Morgan fingerprint density at radius 2 is 1.97 bits per heavy atom. The Kier molecular flexibility index (Phi) is 9.36. The van der Waals surface area contributed by atoms with E-state index in [1.54, 1.807) is 25.4 Å². The van der Waals surface area contributed by atoms with Gasteiger partial charge in [-0.1, -0.05) is 24.9 Å². The number of aromatic nitrogens is 1. The van der Waals surface area contributed by atoms with Crippen molar-refractivity contribution in [3.05, 3.63) is 70.9 Å². The summed E-state index contributed by atoms with van der Waals surface area (Å²) in [7, 11) is 1.67. The molecule has 2 aromatic carbocycles. The summed E-state index contributed by atoms with van der Waals surface area (Å²) in [5.74, 6) is 1.44. The van der Waals surface area contributed by atoms with Gasteiger partial charge in [0.05, 0.1) is 24.3 Å². The summed E-state index contributed by atoms with van der Waals surface area (Å²) in [6, 6.07) is 14.1. The lowest BCUT2D eigenvalue weighted by Gasteiger charge is -2.51. The second-order valence-corrected chi connectivity index (χ2v) is 9.49. The van der Waals surface area contributed by atoms with Crippen LogP contribution >= 0.6 is 24.0 Å². The second-order valence-electron chi connectivity index (χ2n) is 9.06. The van der Waals surface area contributed by atoms with Gasteiger partial charge in [0.2, 0.25) is 0 Å². The normalized spacial score (nSPS) is 23.5. The van der Waals surface area contributed by atoms with E-state index < -0.39 is 12.1 Å². The van der Waals surface area contributed by atoms with Crippen molar-refractivity contribution in [3.8, 4) is 5.75 Å². The highest BCUT2D eigenvalue weighted by molar-refractivity contribution is 6.30. The Balaban J connectivity index is 0.000000264. The molecule has 6 nitrogen and oxygen atoms in total. The number of methoxy groups -OCH3 is 1. The molecule has 0 spiro atoms. The molecule has 3 aromatic rings. The number of aromatic carboxylic acids is 1. The van der Waals surface area contributed by atoms with Crippen LogP contribution in [0.1, 0.15) is 48.2 Å². The first-order chi connectivity index (χ1) is 16.4. The number of halogens is 2. The van der Waals surface area contributed by atoms with Crippen molar-refractivity contribution in [1.29, 1.82) is 0 Å². The van der Waals surface area contributed by atoms with Gasteiger partial charge in [0.1, 0.15) is 5.75 Å². The summed E-state index contributed by atoms with van der Waals surface area (Å²) in [6.07, 6.45) is 4.97. The number of hydrogen-bond donors (Lipinski definition) is 2. The minimum Gasteiger partial charge on any atom is -0.497 e. The zero-order valence-corrected chi connectivity index (χ0v) is 21.5. The van der Waals surface area contributed by atoms with Gasteiger partial charge < -0.3 is 14.9 Å². The molecule has 3 saturated heterocycles. The Hall–Kier alpha value is -2.38. The Bertz CT molecular complexity index is 1140. The maximum absolute atomic E-state index is 11.2. The van der Waals surface area contributed by atoms with E-state index >= 15 is 0 Å². The number of carboxylic acids is 1. The van der Waals surface area contributed by atoms with E-state index in [0.717, 1.165) is 53.6 Å². The molecule has 188 valence electrons. The molecule has 3 aliphatic rings. The van der Waals surface area contributed by atoms with Crippen molar-refractivity contribution in [2.75, 3.05) is 20.2 Å². The van der Waals surface area contributed by atoms with Crippen molar-refractivity contribution in [2.24, 2.45) is 11.8 Å². The molecule has 0 saturated carbocycles. The SMILES string of the molecule is CC[C@H]1C[N@]2CC[C@H]1C[C@@H]2[C@@H](O)c1ccnc2ccc(OC)cc12.Cl.O=C(O)c1ccc(Cl)cc1. The third-order valence-electron chi connectivity index (χ3n) is 7.22. The summed E-state index contributed by atoms with van der Waals surface area (Å²) in [5, 5.41) is 21.2. The molecular weight excluding hydrogens is 487 g/mol. The van der Waals surface area contributed by atoms with Gasteiger partial charge in [-0.05, 0) is 85.3 Å². The molecule has 5 atom stereocenters. The molecular formula is C27H32Cl2N2O4. The van der Waals surface area contributed by atoms with E-state index in [-0.39, 0.29) is 24.0 Å². The summed E-state index contributed by atoms with van der Waals surface area (Å²) in [5.41, 5.74) is 2.14. The lowest BCUT2D eigenvalue weighted by Crippen LogP contribution is -2.55. The van der Waals surface area contributed by atoms with Crippen LogP contribution in [0, 0.1) is 11.8 Å². The molecule has 2 bridgehead atoms. The number of piperidine rings is 3. The number of hydrogen-bond acceptors (Lipinski definition) is 5. The average Bonchev–Trinajstić information content (AvgIpc) is 2.88. The highest BCUT2D eigenvalue weighted by Gasteiger charge is 2.42. The standard InChI is InChI=1S/C20H26N2O2.C7H5ClO2.ClH/c1-3-13-12-22-9-7-14(13)10-19(22)20(23)16-6-8-21-18-5-4-15(24-2)11-17(16)18;8-6-3-1-5(2-4-6)7(9)10;/h4-6,8,11,13-14,19-20,23H,3,7,9-10,12H2,1-2H3;1-4H,(H,9,10);1H/t13-,14-,19+,20-;;/m0../s1. The Morgan fingerprint density at radius 1 is 1.23 bits per heavy atom. The lowest BCUT2D eigenvalue weighted by atomic mass is 9.72. The van der Waals surface area contributed by atoms with Crippen LogP contribution in [-0.4, -0.2) is 52.3 Å². The van der Waals surface area contributed by atoms with Crippen molar-refractivity contribution in [2.45, 2.75) is 38.3 Å². The zero-order chi connectivity index (χ0) is 24.2. The molecule has 0 amide bonds. The molecule has 4 heterocycles. The number of nitrogens with zero attached hydrogens (tertiary/aromatic N) is 2. The first kappa shape index (κ1) is 27.2. The molecule has 6 rings (SSSR count). The first-order valence-corrected chi connectivity index (χ1v) is 12.1. The number of fused-ring (bicyclic) bond motifs is 4. The third kappa shape index (κ3) is 6.07. The molecule has 3 fully saturated rings. The van der Waals surface area contributed by atoms with E-state index in [1.807, 2.05) is 24.3 Å². The van der Waals surface area contributed by atoms with Gasteiger partial charge in [-0.25, -0.2) is 4.79 Å². The number of carboxylic acid groups (broad SMARTS) is 1. The van der Waals surface area contributed by atoms with Gasteiger partial charge in [0, 0.05) is 29.2 Å². The minimum atomic E-state index is -0.934. The van der Waals surface area contributed by atoms with Gasteiger partial charge in [-0.15, -0.1) is 12.4 Å². The molecule has 1 aromatic heterocycles. The van der Waals surface area contributed by atoms with Crippen LogP contribution in [0.5, 0.6) is 5.75 Å². The predicted molar refractivity (Wildman–Crippen MR) is 141 cm³/mol. The smallest absolute Gasteiger partial charge is 0.335 e. The molecule has 35 heavy (non-hydrogen) atoms. The topological polar surface area (TPSA) is 82.9 Å². The molecule has 3 aliphatic heterocycles. The Labute approximate surface area is 217 Å². The van der Waals surface area contributed by atoms with Crippen LogP contribution in [0.15, 0.2) is 54.7 Å². The summed E-state index contributed by atoms with van der Waals surface area (Å²) in [4.78, 5) is 17.2. The molecule has 0 aliphatic carbocycles. The Morgan fingerprint density at radius 3 is 2.57 bits per heavy atom. The number of aliphatic hydroxyl groups is 1. The fourth-order valence-corrected chi connectivity index (χ4v) is 5.43. The highest BCUT2D eigenvalue weighted by Crippen LogP contribution is 2.42. The highest BCUT2D eigenvalue weighted by atomic mass is 35.5. The molecule has 0 radical (unpaired) electrons. The number of ether oxygens (including phenoxy) is 1. The fourth-order valence-electron chi connectivity index (χ4n) is 5.30. The quantitative estimate of drug-likeness (QED) is 0.440. The van der Waals surface area contributed by atoms with Gasteiger partial charge >= 0.3 is 5.97 Å². The summed E-state index contributed by atoms with van der Waals surface area (Å²) >= 11 is 5.52. The minimum absolute atomic E-state index is 0. The van der Waals surface area contributed by atoms with Gasteiger partial charge in [0.15, 0.2) is 0 Å². The first-order valence-electron chi connectivity index (χ1n) is 11.7. The van der Waals surface area contributed by atoms with Crippen molar-refractivity contribution >= 4 is 40.9 Å². The van der Waals surface area contributed by atoms with E-state index in [4.69, 9.17) is 21.4 Å². The largest absolute Gasteiger partial charge is 0.497 e.